The minimum atomic E-state index is -1.04. The Hall–Kier alpha value is -1.73. The predicted octanol–water partition coefficient (Wildman–Crippen LogP) is 1.04. The second-order valence-corrected chi connectivity index (χ2v) is 5.10. The van der Waals surface area contributed by atoms with Crippen LogP contribution >= 0.6 is 15.9 Å². The summed E-state index contributed by atoms with van der Waals surface area (Å²) in [6.07, 6.45) is 1.89. The van der Waals surface area contributed by atoms with Gasteiger partial charge in [0.05, 0.1) is 12.2 Å². The molecule has 100 valence electrons. The summed E-state index contributed by atoms with van der Waals surface area (Å²) in [5.74, 6) is -1.04. The Labute approximate surface area is 118 Å². The zero-order valence-electron chi connectivity index (χ0n) is 10.0. The molecule has 1 aromatic heterocycles. The van der Waals surface area contributed by atoms with Gasteiger partial charge < -0.3 is 10.8 Å². The van der Waals surface area contributed by atoms with Gasteiger partial charge in [-0.3, -0.25) is 4.79 Å². The highest BCUT2D eigenvalue weighted by Crippen LogP contribution is 2.11. The van der Waals surface area contributed by atoms with Crippen molar-refractivity contribution in [2.45, 2.75) is 19.0 Å². The number of hydrogen-bond acceptors (Lipinski definition) is 4. The minimum absolute atomic E-state index is 0.176. The molecule has 0 aliphatic rings. The molecule has 0 spiro atoms. The maximum absolute atomic E-state index is 10.6. The van der Waals surface area contributed by atoms with Crippen molar-refractivity contribution in [2.24, 2.45) is 5.73 Å². The summed E-state index contributed by atoms with van der Waals surface area (Å²) < 4.78 is 2.68. The summed E-state index contributed by atoms with van der Waals surface area (Å²) in [5, 5.41) is 16.6. The molecular weight excluding hydrogens is 312 g/mol. The number of hydrogen-bond donors (Lipinski definition) is 2. The summed E-state index contributed by atoms with van der Waals surface area (Å²) in [7, 11) is 0. The summed E-state index contributed by atoms with van der Waals surface area (Å²) in [6.45, 7) is 0.586. The Balaban J connectivity index is 2.01. The average molecular weight is 325 g/mol. The number of aliphatic carboxylic acids is 1. The smallest absolute Gasteiger partial charge is 0.320 e. The van der Waals surface area contributed by atoms with E-state index in [0.717, 1.165) is 10.0 Å². The number of rotatable bonds is 5. The standard InChI is InChI=1S/C12H13BrN4O2/c13-9-3-1-8(2-4-9)6-17-7-10(15-16-17)5-11(14)12(18)19/h1-4,7,11H,5-6,14H2,(H,18,19). The number of carboxylic acid groups (broad SMARTS) is 1. The third-order valence-corrected chi connectivity index (χ3v) is 3.12. The van der Waals surface area contributed by atoms with E-state index in [4.69, 9.17) is 10.8 Å². The lowest BCUT2D eigenvalue weighted by molar-refractivity contribution is -0.138. The van der Waals surface area contributed by atoms with Crippen LogP contribution in [0.5, 0.6) is 0 Å². The van der Waals surface area contributed by atoms with Crippen molar-refractivity contribution in [1.82, 2.24) is 15.0 Å². The number of aromatic nitrogens is 3. The second kappa shape index (κ2) is 5.94. The normalized spacial score (nSPS) is 12.3. The third kappa shape index (κ3) is 3.87. The highest BCUT2D eigenvalue weighted by Gasteiger charge is 2.14. The first-order valence-corrected chi connectivity index (χ1v) is 6.46. The molecule has 1 atom stereocenters. The van der Waals surface area contributed by atoms with Crippen molar-refractivity contribution in [3.8, 4) is 0 Å². The molecule has 2 aromatic rings. The van der Waals surface area contributed by atoms with E-state index in [1.807, 2.05) is 24.3 Å². The van der Waals surface area contributed by atoms with Crippen LogP contribution in [-0.4, -0.2) is 32.1 Å². The van der Waals surface area contributed by atoms with Gasteiger partial charge in [0, 0.05) is 17.1 Å². The van der Waals surface area contributed by atoms with Crippen molar-refractivity contribution in [2.75, 3.05) is 0 Å². The van der Waals surface area contributed by atoms with Crippen LogP contribution < -0.4 is 5.73 Å². The number of carbonyl (C=O) groups is 1. The fourth-order valence-corrected chi connectivity index (χ4v) is 1.86. The van der Waals surface area contributed by atoms with Gasteiger partial charge in [0.15, 0.2) is 0 Å². The van der Waals surface area contributed by atoms with Gasteiger partial charge in [-0.15, -0.1) is 5.10 Å². The lowest BCUT2D eigenvalue weighted by atomic mass is 10.2. The summed E-state index contributed by atoms with van der Waals surface area (Å²) in [5.41, 5.74) is 7.11. The molecule has 0 fully saturated rings. The largest absolute Gasteiger partial charge is 0.480 e. The summed E-state index contributed by atoms with van der Waals surface area (Å²) in [6, 6.07) is 6.92. The van der Waals surface area contributed by atoms with Crippen LogP contribution in [0.1, 0.15) is 11.3 Å². The zero-order chi connectivity index (χ0) is 13.8. The lowest BCUT2D eigenvalue weighted by Gasteiger charge is -2.02. The minimum Gasteiger partial charge on any atom is -0.480 e. The van der Waals surface area contributed by atoms with Gasteiger partial charge >= 0.3 is 5.97 Å². The van der Waals surface area contributed by atoms with E-state index in [1.165, 1.54) is 0 Å². The Bertz CT molecular complexity index is 567. The molecule has 0 radical (unpaired) electrons. The van der Waals surface area contributed by atoms with Crippen LogP contribution in [0.2, 0.25) is 0 Å². The number of carboxylic acids is 1. The van der Waals surface area contributed by atoms with Crippen LogP contribution in [0.3, 0.4) is 0 Å². The highest BCUT2D eigenvalue weighted by atomic mass is 79.9. The first kappa shape index (κ1) is 13.7. The molecular formula is C12H13BrN4O2. The van der Waals surface area contributed by atoms with Crippen LogP contribution in [0.15, 0.2) is 34.9 Å². The molecule has 3 N–H and O–H groups in total. The third-order valence-electron chi connectivity index (χ3n) is 2.59. The fraction of sp³-hybridized carbons (Fsp3) is 0.250. The Morgan fingerprint density at radius 1 is 1.42 bits per heavy atom. The summed E-state index contributed by atoms with van der Waals surface area (Å²) >= 11 is 3.37. The van der Waals surface area contributed by atoms with E-state index in [1.54, 1.807) is 10.9 Å². The van der Waals surface area contributed by atoms with Crippen LogP contribution in [0.4, 0.5) is 0 Å². The van der Waals surface area contributed by atoms with Gasteiger partial charge in [-0.1, -0.05) is 33.3 Å². The van der Waals surface area contributed by atoms with Gasteiger partial charge in [0.1, 0.15) is 6.04 Å². The first-order valence-electron chi connectivity index (χ1n) is 5.66. The van der Waals surface area contributed by atoms with Crippen LogP contribution in [-0.2, 0) is 17.8 Å². The molecule has 0 saturated heterocycles. The van der Waals surface area contributed by atoms with Crippen LogP contribution in [0.25, 0.3) is 0 Å². The maximum atomic E-state index is 10.6. The SMILES string of the molecule is NC(Cc1cn(Cc2ccc(Br)cc2)nn1)C(=O)O. The average Bonchev–Trinajstić information content (AvgIpc) is 2.79. The monoisotopic (exact) mass is 324 g/mol. The molecule has 6 nitrogen and oxygen atoms in total. The second-order valence-electron chi connectivity index (χ2n) is 4.18. The van der Waals surface area contributed by atoms with E-state index >= 15 is 0 Å². The number of nitrogens with two attached hydrogens (primary N) is 1. The highest BCUT2D eigenvalue weighted by molar-refractivity contribution is 9.10. The molecule has 19 heavy (non-hydrogen) atoms. The molecule has 1 unspecified atom stereocenters. The van der Waals surface area contributed by atoms with Crippen molar-refractivity contribution >= 4 is 21.9 Å². The quantitative estimate of drug-likeness (QED) is 0.857. The molecule has 7 heteroatoms. The topological polar surface area (TPSA) is 94.0 Å². The molecule has 2 rings (SSSR count). The molecule has 1 heterocycles. The number of benzene rings is 1. The number of nitrogens with zero attached hydrogens (tertiary/aromatic N) is 3. The van der Waals surface area contributed by atoms with Gasteiger partial charge in [-0.05, 0) is 17.7 Å². The summed E-state index contributed by atoms with van der Waals surface area (Å²) in [4.78, 5) is 10.6. The molecule has 0 bridgehead atoms. The first-order chi connectivity index (χ1) is 9.04. The van der Waals surface area contributed by atoms with E-state index in [0.29, 0.717) is 12.2 Å². The van der Waals surface area contributed by atoms with E-state index < -0.39 is 12.0 Å². The molecule has 0 amide bonds. The van der Waals surface area contributed by atoms with Gasteiger partial charge in [-0.2, -0.15) is 0 Å². The van der Waals surface area contributed by atoms with E-state index in [2.05, 4.69) is 26.2 Å². The number of halogens is 1. The van der Waals surface area contributed by atoms with Gasteiger partial charge in [0.2, 0.25) is 0 Å². The molecule has 0 aliphatic heterocycles. The van der Waals surface area contributed by atoms with Gasteiger partial charge in [-0.25, -0.2) is 4.68 Å². The van der Waals surface area contributed by atoms with Crippen molar-refractivity contribution in [3.05, 3.63) is 46.2 Å². The zero-order valence-corrected chi connectivity index (χ0v) is 11.6. The Morgan fingerprint density at radius 2 is 2.11 bits per heavy atom. The van der Waals surface area contributed by atoms with Crippen molar-refractivity contribution in [1.29, 1.82) is 0 Å². The maximum Gasteiger partial charge on any atom is 0.320 e. The fourth-order valence-electron chi connectivity index (χ4n) is 1.60. The lowest BCUT2D eigenvalue weighted by Crippen LogP contribution is -2.32. The van der Waals surface area contributed by atoms with Gasteiger partial charge in [0.25, 0.3) is 0 Å². The molecule has 1 aromatic carbocycles. The van der Waals surface area contributed by atoms with Crippen LogP contribution in [0, 0.1) is 0 Å². The van der Waals surface area contributed by atoms with E-state index in [9.17, 15) is 4.79 Å². The van der Waals surface area contributed by atoms with Crippen molar-refractivity contribution < 1.29 is 9.90 Å². The molecule has 0 aliphatic carbocycles. The van der Waals surface area contributed by atoms with E-state index in [-0.39, 0.29) is 6.42 Å². The predicted molar refractivity (Wildman–Crippen MR) is 72.6 cm³/mol. The Kier molecular flexibility index (Phi) is 4.28. The van der Waals surface area contributed by atoms with Crippen molar-refractivity contribution in [3.63, 3.8) is 0 Å². The Morgan fingerprint density at radius 3 is 2.74 bits per heavy atom. The molecule has 0 saturated carbocycles.